The molecule has 0 aromatic carbocycles. The number of hydrogen-bond donors (Lipinski definition) is 2. The number of hydrogen-bond acceptors (Lipinski definition) is 5. The third kappa shape index (κ3) is 3.34. The van der Waals surface area contributed by atoms with Crippen molar-refractivity contribution in [1.29, 1.82) is 0 Å². The summed E-state index contributed by atoms with van der Waals surface area (Å²) in [6, 6.07) is 0. The first-order valence-electron chi connectivity index (χ1n) is 4.63. The van der Waals surface area contributed by atoms with Crippen molar-refractivity contribution in [1.82, 2.24) is 15.2 Å². The van der Waals surface area contributed by atoms with E-state index in [1.807, 2.05) is 20.8 Å². The van der Waals surface area contributed by atoms with Crippen molar-refractivity contribution in [3.05, 3.63) is 16.0 Å². The van der Waals surface area contributed by atoms with Crippen LogP contribution in [-0.4, -0.2) is 32.0 Å². The molecule has 0 saturated carbocycles. The highest BCUT2D eigenvalue weighted by Crippen LogP contribution is 2.16. The number of aromatic nitrogens is 3. The first-order valence-corrected chi connectivity index (χ1v) is 5.61. The molecule has 2 N–H and O–H groups in total. The molecule has 0 radical (unpaired) electrons. The van der Waals surface area contributed by atoms with Gasteiger partial charge in [0.2, 0.25) is 0 Å². The summed E-state index contributed by atoms with van der Waals surface area (Å²) >= 11 is 0.933. The molecule has 0 unspecified atom stereocenters. The van der Waals surface area contributed by atoms with Crippen LogP contribution in [0.5, 0.6) is 0 Å². The average molecular weight is 243 g/mol. The van der Waals surface area contributed by atoms with Gasteiger partial charge in [-0.15, -0.1) is 10.2 Å². The summed E-state index contributed by atoms with van der Waals surface area (Å²) in [7, 11) is 0. The van der Waals surface area contributed by atoms with E-state index in [0.717, 1.165) is 11.8 Å². The lowest BCUT2D eigenvalue weighted by Gasteiger charge is -2.15. The predicted molar refractivity (Wildman–Crippen MR) is 59.7 cm³/mol. The van der Waals surface area contributed by atoms with E-state index in [1.165, 1.54) is 0 Å². The Balaban J connectivity index is 2.92. The van der Waals surface area contributed by atoms with E-state index >= 15 is 0 Å². The van der Waals surface area contributed by atoms with Gasteiger partial charge in [-0.1, -0.05) is 32.5 Å². The topological polar surface area (TPSA) is 95.9 Å². The van der Waals surface area contributed by atoms with Crippen molar-refractivity contribution in [2.45, 2.75) is 31.3 Å². The van der Waals surface area contributed by atoms with Gasteiger partial charge < -0.3 is 5.11 Å². The molecule has 0 fully saturated rings. The molecule has 0 atom stereocenters. The van der Waals surface area contributed by atoms with Gasteiger partial charge in [0.05, 0.1) is 5.75 Å². The maximum absolute atomic E-state index is 11.6. The van der Waals surface area contributed by atoms with Gasteiger partial charge in [0.25, 0.3) is 5.56 Å². The number of carboxylic acid groups (broad SMARTS) is 1. The van der Waals surface area contributed by atoms with Crippen molar-refractivity contribution >= 4 is 17.7 Å². The maximum atomic E-state index is 11.6. The fraction of sp³-hybridized carbons (Fsp3) is 0.556. The number of aromatic amines is 1. The quantitative estimate of drug-likeness (QED) is 0.756. The lowest BCUT2D eigenvalue weighted by molar-refractivity contribution is -0.133. The van der Waals surface area contributed by atoms with Gasteiger partial charge in [-0.25, -0.2) is 0 Å². The Morgan fingerprint density at radius 2 is 2.06 bits per heavy atom. The molecule has 88 valence electrons. The maximum Gasteiger partial charge on any atom is 0.313 e. The summed E-state index contributed by atoms with van der Waals surface area (Å²) in [6.45, 7) is 5.57. The molecule has 0 spiro atoms. The standard InChI is InChI=1S/C9H13N3O3S/c1-9(2,3)6-7(15)10-8(12-11-6)16-4-5(13)14/h4H2,1-3H3,(H,13,14)(H,10,12,15). The van der Waals surface area contributed by atoms with E-state index in [0.29, 0.717) is 5.69 Å². The monoisotopic (exact) mass is 243 g/mol. The van der Waals surface area contributed by atoms with Crippen LogP contribution in [0.25, 0.3) is 0 Å². The smallest absolute Gasteiger partial charge is 0.313 e. The Hall–Kier alpha value is -1.37. The number of nitrogens with zero attached hydrogens (tertiary/aromatic N) is 2. The number of carbonyl (C=O) groups is 1. The largest absolute Gasteiger partial charge is 0.481 e. The second kappa shape index (κ2) is 4.65. The van der Waals surface area contributed by atoms with Crippen molar-refractivity contribution < 1.29 is 9.90 Å². The highest BCUT2D eigenvalue weighted by Gasteiger charge is 2.20. The predicted octanol–water partition coefficient (Wildman–Crippen LogP) is 0.639. The fourth-order valence-corrected chi connectivity index (χ4v) is 1.53. The number of nitrogens with one attached hydrogen (secondary N) is 1. The molecule has 0 aliphatic carbocycles. The summed E-state index contributed by atoms with van der Waals surface area (Å²) in [4.78, 5) is 24.4. The highest BCUT2D eigenvalue weighted by molar-refractivity contribution is 7.99. The lowest BCUT2D eigenvalue weighted by atomic mass is 9.93. The van der Waals surface area contributed by atoms with E-state index < -0.39 is 5.97 Å². The average Bonchev–Trinajstić information content (AvgIpc) is 2.12. The number of rotatable bonds is 3. The normalized spacial score (nSPS) is 11.4. The first-order chi connectivity index (χ1) is 7.30. The van der Waals surface area contributed by atoms with E-state index in [4.69, 9.17) is 5.11 Å². The molecular weight excluding hydrogens is 230 g/mol. The Labute approximate surface area is 96.5 Å². The third-order valence-corrected chi connectivity index (χ3v) is 2.57. The zero-order valence-corrected chi connectivity index (χ0v) is 10.1. The number of carboxylic acids is 1. The summed E-state index contributed by atoms with van der Waals surface area (Å²) in [6.07, 6.45) is 0. The molecule has 1 aromatic heterocycles. The number of H-pyrrole nitrogens is 1. The van der Waals surface area contributed by atoms with Crippen LogP contribution in [0.1, 0.15) is 26.5 Å². The minimum absolute atomic E-state index is 0.153. The molecule has 0 saturated heterocycles. The van der Waals surface area contributed by atoms with Crippen molar-refractivity contribution in [3.63, 3.8) is 0 Å². The van der Waals surface area contributed by atoms with Crippen LogP contribution in [0.15, 0.2) is 9.95 Å². The van der Waals surface area contributed by atoms with Crippen LogP contribution in [0.4, 0.5) is 0 Å². The van der Waals surface area contributed by atoms with Crippen LogP contribution in [0.3, 0.4) is 0 Å². The molecule has 6 nitrogen and oxygen atoms in total. The highest BCUT2D eigenvalue weighted by atomic mass is 32.2. The van der Waals surface area contributed by atoms with Gasteiger partial charge in [0.1, 0.15) is 5.69 Å². The second-order valence-corrected chi connectivity index (χ2v) is 5.20. The number of thioether (sulfide) groups is 1. The van der Waals surface area contributed by atoms with Gasteiger partial charge in [-0.2, -0.15) is 0 Å². The van der Waals surface area contributed by atoms with Crippen LogP contribution in [0.2, 0.25) is 0 Å². The van der Waals surface area contributed by atoms with Gasteiger partial charge >= 0.3 is 5.97 Å². The van der Waals surface area contributed by atoms with Gasteiger partial charge in [-0.3, -0.25) is 14.6 Å². The Morgan fingerprint density at radius 3 is 2.50 bits per heavy atom. The van der Waals surface area contributed by atoms with Gasteiger partial charge in [0, 0.05) is 5.41 Å². The molecule has 0 aliphatic heterocycles. The zero-order valence-electron chi connectivity index (χ0n) is 9.27. The number of aliphatic carboxylic acids is 1. The SMILES string of the molecule is CC(C)(C)c1nnc(SCC(=O)O)[nH]c1=O. The summed E-state index contributed by atoms with van der Waals surface area (Å²) < 4.78 is 0. The van der Waals surface area contributed by atoms with Crippen LogP contribution < -0.4 is 5.56 Å². The van der Waals surface area contributed by atoms with Crippen molar-refractivity contribution in [3.8, 4) is 0 Å². The van der Waals surface area contributed by atoms with Crippen molar-refractivity contribution in [2.75, 3.05) is 5.75 Å². The second-order valence-electron chi connectivity index (χ2n) is 4.24. The summed E-state index contributed by atoms with van der Waals surface area (Å²) in [5, 5.41) is 16.3. The molecule has 0 bridgehead atoms. The van der Waals surface area contributed by atoms with E-state index in [-0.39, 0.29) is 21.9 Å². The molecule has 7 heteroatoms. The minimum Gasteiger partial charge on any atom is -0.481 e. The van der Waals surface area contributed by atoms with Crippen LogP contribution in [-0.2, 0) is 10.2 Å². The minimum atomic E-state index is -0.965. The Kier molecular flexibility index (Phi) is 3.69. The van der Waals surface area contributed by atoms with Crippen LogP contribution in [0, 0.1) is 0 Å². The molecule has 0 aliphatic rings. The molecule has 0 amide bonds. The molecule has 16 heavy (non-hydrogen) atoms. The Morgan fingerprint density at radius 1 is 1.44 bits per heavy atom. The van der Waals surface area contributed by atoms with Gasteiger partial charge in [0.15, 0.2) is 5.16 Å². The molecule has 1 aromatic rings. The Bertz CT molecular complexity index is 450. The zero-order chi connectivity index (χ0) is 12.3. The van der Waals surface area contributed by atoms with E-state index in [1.54, 1.807) is 0 Å². The molecular formula is C9H13N3O3S. The first kappa shape index (κ1) is 12.7. The van der Waals surface area contributed by atoms with Crippen molar-refractivity contribution in [2.24, 2.45) is 0 Å². The van der Waals surface area contributed by atoms with Crippen LogP contribution >= 0.6 is 11.8 Å². The fourth-order valence-electron chi connectivity index (χ4n) is 1.01. The van der Waals surface area contributed by atoms with E-state index in [2.05, 4.69) is 15.2 Å². The lowest BCUT2D eigenvalue weighted by Crippen LogP contribution is -2.28. The molecule has 1 heterocycles. The van der Waals surface area contributed by atoms with Gasteiger partial charge in [-0.05, 0) is 0 Å². The summed E-state index contributed by atoms with van der Waals surface area (Å²) in [5.74, 6) is -1.12. The third-order valence-electron chi connectivity index (χ3n) is 1.72. The molecule has 1 rings (SSSR count). The summed E-state index contributed by atoms with van der Waals surface area (Å²) in [5.41, 5.74) is -0.362. The van der Waals surface area contributed by atoms with E-state index in [9.17, 15) is 9.59 Å².